The van der Waals surface area contributed by atoms with Crippen molar-refractivity contribution < 1.29 is 9.47 Å². The molecule has 0 aliphatic carbocycles. The Morgan fingerprint density at radius 3 is 3.00 bits per heavy atom. The van der Waals surface area contributed by atoms with E-state index in [1.807, 2.05) is 0 Å². The van der Waals surface area contributed by atoms with Crippen LogP contribution >= 0.6 is 0 Å². The summed E-state index contributed by atoms with van der Waals surface area (Å²) in [7, 11) is 0. The lowest BCUT2D eigenvalue weighted by molar-refractivity contribution is -0.0710. The van der Waals surface area contributed by atoms with Crippen LogP contribution in [-0.4, -0.2) is 57.0 Å². The first kappa shape index (κ1) is 13.9. The summed E-state index contributed by atoms with van der Waals surface area (Å²) in [5, 5.41) is 0. The molecule has 0 aromatic heterocycles. The standard InChI is InChI=1S/C12H26N2O2/c1-11(2)8-14-5-7-16-12(9-14)10-15-6-3-4-13/h11-12H,3-10,13H2,1-2H3/t12-/m0/s1. The first-order valence-electron chi connectivity index (χ1n) is 6.34. The molecule has 0 bridgehead atoms. The predicted molar refractivity (Wildman–Crippen MR) is 65.5 cm³/mol. The summed E-state index contributed by atoms with van der Waals surface area (Å²) in [4.78, 5) is 2.46. The monoisotopic (exact) mass is 230 g/mol. The lowest BCUT2D eigenvalue weighted by Crippen LogP contribution is -2.45. The van der Waals surface area contributed by atoms with Gasteiger partial charge in [-0.1, -0.05) is 13.8 Å². The number of hydrogen-bond acceptors (Lipinski definition) is 4. The minimum atomic E-state index is 0.241. The molecule has 1 rings (SSSR count). The molecule has 1 aliphatic rings. The zero-order valence-electron chi connectivity index (χ0n) is 10.7. The Morgan fingerprint density at radius 1 is 1.50 bits per heavy atom. The molecular formula is C12H26N2O2. The highest BCUT2D eigenvalue weighted by Crippen LogP contribution is 2.08. The van der Waals surface area contributed by atoms with Crippen LogP contribution in [-0.2, 0) is 9.47 Å². The quantitative estimate of drug-likeness (QED) is 0.654. The topological polar surface area (TPSA) is 47.7 Å². The first-order valence-corrected chi connectivity index (χ1v) is 6.34. The van der Waals surface area contributed by atoms with Crippen molar-refractivity contribution in [2.75, 3.05) is 46.0 Å². The third-order valence-corrected chi connectivity index (χ3v) is 2.64. The van der Waals surface area contributed by atoms with Gasteiger partial charge in [0.25, 0.3) is 0 Å². The zero-order valence-corrected chi connectivity index (χ0v) is 10.7. The van der Waals surface area contributed by atoms with Gasteiger partial charge in [-0.15, -0.1) is 0 Å². The number of hydrogen-bond donors (Lipinski definition) is 1. The van der Waals surface area contributed by atoms with Crippen molar-refractivity contribution in [2.45, 2.75) is 26.4 Å². The van der Waals surface area contributed by atoms with E-state index in [1.165, 1.54) is 0 Å². The maximum atomic E-state index is 5.67. The van der Waals surface area contributed by atoms with Gasteiger partial charge >= 0.3 is 0 Å². The van der Waals surface area contributed by atoms with E-state index >= 15 is 0 Å². The van der Waals surface area contributed by atoms with E-state index in [1.54, 1.807) is 0 Å². The van der Waals surface area contributed by atoms with Gasteiger partial charge in [0.2, 0.25) is 0 Å². The van der Waals surface area contributed by atoms with Crippen LogP contribution < -0.4 is 5.73 Å². The summed E-state index contributed by atoms with van der Waals surface area (Å²) in [5.74, 6) is 0.719. The molecule has 1 heterocycles. The summed E-state index contributed by atoms with van der Waals surface area (Å²) in [6.45, 7) is 10.7. The Kier molecular flexibility index (Phi) is 6.96. The van der Waals surface area contributed by atoms with Crippen molar-refractivity contribution >= 4 is 0 Å². The van der Waals surface area contributed by atoms with Gasteiger partial charge in [0.05, 0.1) is 19.3 Å². The van der Waals surface area contributed by atoms with Crippen LogP contribution in [0.25, 0.3) is 0 Å². The molecule has 0 aromatic carbocycles. The van der Waals surface area contributed by atoms with Crippen molar-refractivity contribution in [1.29, 1.82) is 0 Å². The molecule has 2 N–H and O–H groups in total. The average Bonchev–Trinajstić information content (AvgIpc) is 2.24. The fourth-order valence-electron chi connectivity index (χ4n) is 1.96. The van der Waals surface area contributed by atoms with E-state index in [-0.39, 0.29) is 6.10 Å². The van der Waals surface area contributed by atoms with E-state index in [4.69, 9.17) is 15.2 Å². The Bertz CT molecular complexity index is 176. The van der Waals surface area contributed by atoms with Gasteiger partial charge in [-0.25, -0.2) is 0 Å². The SMILES string of the molecule is CC(C)CN1CCO[C@H](COCCCN)C1. The summed E-state index contributed by atoms with van der Waals surface area (Å²) < 4.78 is 11.2. The fourth-order valence-corrected chi connectivity index (χ4v) is 1.96. The molecule has 0 unspecified atom stereocenters. The van der Waals surface area contributed by atoms with Crippen LogP contribution in [0.2, 0.25) is 0 Å². The summed E-state index contributed by atoms with van der Waals surface area (Å²) >= 11 is 0. The van der Waals surface area contributed by atoms with Crippen LogP contribution in [0.1, 0.15) is 20.3 Å². The highest BCUT2D eigenvalue weighted by Gasteiger charge is 2.20. The molecule has 1 fully saturated rings. The van der Waals surface area contributed by atoms with Crippen molar-refractivity contribution in [3.05, 3.63) is 0 Å². The minimum Gasteiger partial charge on any atom is -0.379 e. The van der Waals surface area contributed by atoms with Gasteiger partial charge in [-0.3, -0.25) is 4.90 Å². The molecule has 1 atom stereocenters. The van der Waals surface area contributed by atoms with Gasteiger partial charge in [-0.05, 0) is 18.9 Å². The second kappa shape index (κ2) is 8.01. The van der Waals surface area contributed by atoms with E-state index in [9.17, 15) is 0 Å². The largest absolute Gasteiger partial charge is 0.379 e. The molecule has 0 saturated carbocycles. The number of ether oxygens (including phenoxy) is 2. The maximum Gasteiger partial charge on any atom is 0.0935 e. The number of nitrogens with zero attached hydrogens (tertiary/aromatic N) is 1. The summed E-state index contributed by atoms with van der Waals surface area (Å²) in [6.07, 6.45) is 1.17. The highest BCUT2D eigenvalue weighted by atomic mass is 16.5. The molecule has 1 aliphatic heterocycles. The fraction of sp³-hybridized carbons (Fsp3) is 1.00. The molecule has 0 aromatic rings. The van der Waals surface area contributed by atoms with Crippen LogP contribution in [0.4, 0.5) is 0 Å². The Morgan fingerprint density at radius 2 is 2.31 bits per heavy atom. The number of nitrogens with two attached hydrogens (primary N) is 1. The van der Waals surface area contributed by atoms with Crippen LogP contribution in [0, 0.1) is 5.92 Å². The second-order valence-corrected chi connectivity index (χ2v) is 4.86. The molecule has 96 valence electrons. The number of rotatable bonds is 7. The van der Waals surface area contributed by atoms with E-state index in [0.717, 1.165) is 45.2 Å². The Hall–Kier alpha value is -0.160. The number of morpholine rings is 1. The van der Waals surface area contributed by atoms with Crippen molar-refractivity contribution in [2.24, 2.45) is 11.7 Å². The predicted octanol–water partition coefficient (Wildman–Crippen LogP) is 0.709. The summed E-state index contributed by atoms with van der Waals surface area (Å²) in [6, 6.07) is 0. The van der Waals surface area contributed by atoms with Crippen LogP contribution in [0.15, 0.2) is 0 Å². The molecule has 0 radical (unpaired) electrons. The van der Waals surface area contributed by atoms with Gasteiger partial charge in [-0.2, -0.15) is 0 Å². The van der Waals surface area contributed by atoms with Gasteiger partial charge in [0.15, 0.2) is 0 Å². The summed E-state index contributed by atoms with van der Waals surface area (Å²) in [5.41, 5.74) is 5.41. The average molecular weight is 230 g/mol. The van der Waals surface area contributed by atoms with E-state index in [0.29, 0.717) is 13.2 Å². The van der Waals surface area contributed by atoms with Crippen LogP contribution in [0.5, 0.6) is 0 Å². The molecule has 1 saturated heterocycles. The Balaban J connectivity index is 2.12. The maximum absolute atomic E-state index is 5.67. The molecule has 0 spiro atoms. The van der Waals surface area contributed by atoms with Gasteiger partial charge in [0, 0.05) is 26.2 Å². The lowest BCUT2D eigenvalue weighted by atomic mass is 10.2. The van der Waals surface area contributed by atoms with Gasteiger partial charge < -0.3 is 15.2 Å². The van der Waals surface area contributed by atoms with Crippen molar-refractivity contribution in [3.8, 4) is 0 Å². The first-order chi connectivity index (χ1) is 7.72. The molecule has 16 heavy (non-hydrogen) atoms. The van der Waals surface area contributed by atoms with Crippen LogP contribution in [0.3, 0.4) is 0 Å². The van der Waals surface area contributed by atoms with Crippen molar-refractivity contribution in [1.82, 2.24) is 4.90 Å². The van der Waals surface area contributed by atoms with E-state index in [2.05, 4.69) is 18.7 Å². The zero-order chi connectivity index (χ0) is 11.8. The Labute approximate surface area is 99.1 Å². The third-order valence-electron chi connectivity index (χ3n) is 2.64. The van der Waals surface area contributed by atoms with Gasteiger partial charge in [0.1, 0.15) is 0 Å². The molecule has 0 amide bonds. The highest BCUT2D eigenvalue weighted by molar-refractivity contribution is 4.71. The normalized spacial score (nSPS) is 22.9. The lowest BCUT2D eigenvalue weighted by Gasteiger charge is -2.33. The smallest absolute Gasteiger partial charge is 0.0935 e. The second-order valence-electron chi connectivity index (χ2n) is 4.86. The van der Waals surface area contributed by atoms with E-state index < -0.39 is 0 Å². The van der Waals surface area contributed by atoms with Crippen molar-refractivity contribution in [3.63, 3.8) is 0 Å². The third kappa shape index (κ3) is 5.80. The molecule has 4 nitrogen and oxygen atoms in total. The molecule has 4 heteroatoms. The molecular weight excluding hydrogens is 204 g/mol. The minimum absolute atomic E-state index is 0.241.